The minimum atomic E-state index is 0.493. The minimum Gasteiger partial charge on any atom is -0.480 e. The maximum atomic E-state index is 5.40. The summed E-state index contributed by atoms with van der Waals surface area (Å²) in [6, 6.07) is 0. The van der Waals surface area contributed by atoms with E-state index in [0.29, 0.717) is 17.6 Å². The Labute approximate surface area is 118 Å². The van der Waals surface area contributed by atoms with Crippen molar-refractivity contribution in [2.24, 2.45) is 0 Å². The van der Waals surface area contributed by atoms with Crippen LogP contribution in [0.1, 0.15) is 41.4 Å². The van der Waals surface area contributed by atoms with Crippen molar-refractivity contribution in [1.82, 2.24) is 19.9 Å². The molecule has 0 aromatic carbocycles. The molecular weight excluding hydrogens is 252 g/mol. The SMILES string of the molecule is COc1ncnc(C2CC2)c1-c1nc(C)c(C)c(C)n1. The van der Waals surface area contributed by atoms with Crippen LogP contribution in [0.15, 0.2) is 6.33 Å². The van der Waals surface area contributed by atoms with E-state index in [1.54, 1.807) is 13.4 Å². The summed E-state index contributed by atoms with van der Waals surface area (Å²) in [5.41, 5.74) is 4.96. The lowest BCUT2D eigenvalue weighted by Crippen LogP contribution is -2.05. The molecule has 0 saturated heterocycles. The highest BCUT2D eigenvalue weighted by molar-refractivity contribution is 5.66. The predicted molar refractivity (Wildman–Crippen MR) is 75.8 cm³/mol. The molecule has 5 nitrogen and oxygen atoms in total. The smallest absolute Gasteiger partial charge is 0.227 e. The van der Waals surface area contributed by atoms with Crippen molar-refractivity contribution in [1.29, 1.82) is 0 Å². The Morgan fingerprint density at radius 1 is 1.05 bits per heavy atom. The van der Waals surface area contributed by atoms with Crippen molar-refractivity contribution in [2.75, 3.05) is 7.11 Å². The van der Waals surface area contributed by atoms with Gasteiger partial charge >= 0.3 is 0 Å². The van der Waals surface area contributed by atoms with Crippen LogP contribution in [0.5, 0.6) is 5.88 Å². The number of rotatable bonds is 3. The van der Waals surface area contributed by atoms with Gasteiger partial charge in [0.25, 0.3) is 0 Å². The number of ether oxygens (including phenoxy) is 1. The quantitative estimate of drug-likeness (QED) is 0.858. The Bertz CT molecular complexity index is 642. The first-order valence-electron chi connectivity index (χ1n) is 6.83. The molecule has 0 bridgehead atoms. The first-order valence-corrected chi connectivity index (χ1v) is 6.83. The van der Waals surface area contributed by atoms with Crippen LogP contribution >= 0.6 is 0 Å². The molecule has 0 radical (unpaired) electrons. The van der Waals surface area contributed by atoms with Gasteiger partial charge in [0.2, 0.25) is 5.88 Å². The standard InChI is InChI=1S/C15H18N4O/c1-8-9(2)18-14(19-10(8)3)12-13(11-5-6-11)16-7-17-15(12)20-4/h7,11H,5-6H2,1-4H3. The zero-order valence-corrected chi connectivity index (χ0v) is 12.3. The molecule has 0 spiro atoms. The Balaban J connectivity index is 2.22. The fourth-order valence-corrected chi connectivity index (χ4v) is 2.30. The first-order chi connectivity index (χ1) is 9.61. The van der Waals surface area contributed by atoms with Gasteiger partial charge in [0.05, 0.1) is 12.8 Å². The van der Waals surface area contributed by atoms with Crippen molar-refractivity contribution in [3.05, 3.63) is 29.0 Å². The Morgan fingerprint density at radius 2 is 1.70 bits per heavy atom. The van der Waals surface area contributed by atoms with Crippen LogP contribution in [-0.4, -0.2) is 27.0 Å². The molecule has 0 aliphatic heterocycles. The van der Waals surface area contributed by atoms with Crippen LogP contribution in [0, 0.1) is 20.8 Å². The average Bonchev–Trinajstić information content (AvgIpc) is 3.27. The second-order valence-corrected chi connectivity index (χ2v) is 5.26. The van der Waals surface area contributed by atoms with Crippen LogP contribution in [0.3, 0.4) is 0 Å². The Kier molecular flexibility index (Phi) is 3.12. The normalized spacial score (nSPS) is 14.4. The molecule has 1 aliphatic carbocycles. The van der Waals surface area contributed by atoms with Crippen molar-refractivity contribution in [3.8, 4) is 17.3 Å². The maximum Gasteiger partial charge on any atom is 0.227 e. The lowest BCUT2D eigenvalue weighted by Gasteiger charge is -2.12. The summed E-state index contributed by atoms with van der Waals surface area (Å²) in [5, 5.41) is 0. The molecule has 1 aliphatic rings. The Hall–Kier alpha value is -2.04. The second kappa shape index (κ2) is 4.81. The van der Waals surface area contributed by atoms with E-state index in [9.17, 15) is 0 Å². The third-order valence-electron chi connectivity index (χ3n) is 3.86. The largest absolute Gasteiger partial charge is 0.480 e. The number of aryl methyl sites for hydroxylation is 2. The van der Waals surface area contributed by atoms with Crippen molar-refractivity contribution < 1.29 is 4.74 Å². The number of nitrogens with zero attached hydrogens (tertiary/aromatic N) is 4. The number of hydrogen-bond donors (Lipinski definition) is 0. The second-order valence-electron chi connectivity index (χ2n) is 5.26. The zero-order chi connectivity index (χ0) is 14.3. The van der Waals surface area contributed by atoms with E-state index in [-0.39, 0.29) is 0 Å². The van der Waals surface area contributed by atoms with Crippen LogP contribution < -0.4 is 4.74 Å². The van der Waals surface area contributed by atoms with Crippen molar-refractivity contribution in [2.45, 2.75) is 39.5 Å². The van der Waals surface area contributed by atoms with E-state index >= 15 is 0 Å². The number of methoxy groups -OCH3 is 1. The minimum absolute atomic E-state index is 0.493. The van der Waals surface area contributed by atoms with Gasteiger partial charge in [-0.25, -0.2) is 19.9 Å². The van der Waals surface area contributed by atoms with E-state index in [1.165, 1.54) is 0 Å². The van der Waals surface area contributed by atoms with E-state index in [1.807, 2.05) is 20.8 Å². The van der Waals surface area contributed by atoms with Gasteiger partial charge in [-0.1, -0.05) is 0 Å². The molecule has 0 unspecified atom stereocenters. The van der Waals surface area contributed by atoms with Gasteiger partial charge in [0.1, 0.15) is 11.9 Å². The third kappa shape index (κ3) is 2.13. The monoisotopic (exact) mass is 270 g/mol. The lowest BCUT2D eigenvalue weighted by molar-refractivity contribution is 0.397. The summed E-state index contributed by atoms with van der Waals surface area (Å²) in [6.45, 7) is 6.04. The van der Waals surface area contributed by atoms with Crippen molar-refractivity contribution >= 4 is 0 Å². The summed E-state index contributed by atoms with van der Waals surface area (Å²) in [5.74, 6) is 1.72. The molecule has 104 valence electrons. The van der Waals surface area contributed by atoms with E-state index in [4.69, 9.17) is 4.74 Å². The summed E-state index contributed by atoms with van der Waals surface area (Å²) >= 11 is 0. The average molecular weight is 270 g/mol. The molecule has 2 heterocycles. The predicted octanol–water partition coefficient (Wildman–Crippen LogP) is 2.74. The Morgan fingerprint density at radius 3 is 2.25 bits per heavy atom. The zero-order valence-electron chi connectivity index (χ0n) is 12.3. The van der Waals surface area contributed by atoms with Gasteiger partial charge in [-0.3, -0.25) is 0 Å². The van der Waals surface area contributed by atoms with E-state index in [0.717, 1.165) is 41.1 Å². The van der Waals surface area contributed by atoms with Crippen LogP contribution in [0.25, 0.3) is 11.4 Å². The van der Waals surface area contributed by atoms with Gasteiger partial charge in [0, 0.05) is 17.3 Å². The topological polar surface area (TPSA) is 60.8 Å². The van der Waals surface area contributed by atoms with Gasteiger partial charge in [-0.2, -0.15) is 0 Å². The molecule has 0 N–H and O–H groups in total. The first kappa shape index (κ1) is 13.0. The van der Waals surface area contributed by atoms with Crippen molar-refractivity contribution in [3.63, 3.8) is 0 Å². The fourth-order valence-electron chi connectivity index (χ4n) is 2.30. The molecule has 0 amide bonds. The molecule has 0 atom stereocenters. The van der Waals surface area contributed by atoms with E-state index in [2.05, 4.69) is 19.9 Å². The van der Waals surface area contributed by atoms with Crippen LogP contribution in [0.2, 0.25) is 0 Å². The van der Waals surface area contributed by atoms with Gasteiger partial charge in [-0.15, -0.1) is 0 Å². The maximum absolute atomic E-state index is 5.40. The molecule has 1 saturated carbocycles. The third-order valence-corrected chi connectivity index (χ3v) is 3.86. The van der Waals surface area contributed by atoms with Gasteiger partial charge < -0.3 is 4.74 Å². The van der Waals surface area contributed by atoms with Crippen LogP contribution in [0.4, 0.5) is 0 Å². The molecule has 5 heteroatoms. The highest BCUT2D eigenvalue weighted by Gasteiger charge is 2.31. The number of aromatic nitrogens is 4. The molecular formula is C15H18N4O. The van der Waals surface area contributed by atoms with Gasteiger partial charge in [-0.05, 0) is 39.2 Å². The molecule has 3 rings (SSSR count). The molecule has 2 aromatic heterocycles. The summed E-state index contributed by atoms with van der Waals surface area (Å²) in [4.78, 5) is 17.9. The summed E-state index contributed by atoms with van der Waals surface area (Å²) in [6.07, 6.45) is 3.89. The molecule has 1 fully saturated rings. The summed E-state index contributed by atoms with van der Waals surface area (Å²) in [7, 11) is 1.62. The molecule has 2 aromatic rings. The molecule has 20 heavy (non-hydrogen) atoms. The summed E-state index contributed by atoms with van der Waals surface area (Å²) < 4.78 is 5.40. The fraction of sp³-hybridized carbons (Fsp3) is 0.467. The lowest BCUT2D eigenvalue weighted by atomic mass is 10.1. The van der Waals surface area contributed by atoms with Crippen LogP contribution in [-0.2, 0) is 0 Å². The van der Waals surface area contributed by atoms with E-state index < -0.39 is 0 Å². The number of hydrogen-bond acceptors (Lipinski definition) is 5. The van der Waals surface area contributed by atoms with Gasteiger partial charge in [0.15, 0.2) is 5.82 Å². The highest BCUT2D eigenvalue weighted by Crippen LogP contribution is 2.44. The highest BCUT2D eigenvalue weighted by atomic mass is 16.5.